The van der Waals surface area contributed by atoms with Crippen LogP contribution in [-0.4, -0.2) is 11.5 Å². The summed E-state index contributed by atoms with van der Waals surface area (Å²) in [6, 6.07) is 5.51. The first-order valence-corrected chi connectivity index (χ1v) is 7.20. The number of anilines is 1. The lowest BCUT2D eigenvalue weighted by Gasteiger charge is -2.13. The highest BCUT2D eigenvalue weighted by Gasteiger charge is 2.30. The molecule has 0 atom stereocenters. The van der Waals surface area contributed by atoms with E-state index in [1.165, 1.54) is 12.1 Å². The number of rotatable bonds is 5. The van der Waals surface area contributed by atoms with Crippen molar-refractivity contribution >= 4 is 16.7 Å². The van der Waals surface area contributed by atoms with Crippen LogP contribution in [0.3, 0.4) is 0 Å². The Bertz CT molecular complexity index is 621. The number of benzene rings is 1. The van der Waals surface area contributed by atoms with Gasteiger partial charge in [0.05, 0.1) is 11.1 Å². The molecule has 1 heterocycles. The highest BCUT2D eigenvalue weighted by Crippen LogP contribution is 2.32. The van der Waals surface area contributed by atoms with Gasteiger partial charge in [0.25, 0.3) is 0 Å². The SMILES string of the molecule is CCCNc1nc2ccc(C(F)(F)F)cc2cc1CCC. The summed E-state index contributed by atoms with van der Waals surface area (Å²) in [6.45, 7) is 4.90. The summed E-state index contributed by atoms with van der Waals surface area (Å²) >= 11 is 0. The maximum atomic E-state index is 12.8. The number of hydrogen-bond donors (Lipinski definition) is 1. The van der Waals surface area contributed by atoms with Gasteiger partial charge < -0.3 is 5.32 Å². The zero-order valence-electron chi connectivity index (χ0n) is 12.2. The molecule has 21 heavy (non-hydrogen) atoms. The van der Waals surface area contributed by atoms with Crippen molar-refractivity contribution in [2.45, 2.75) is 39.3 Å². The highest BCUT2D eigenvalue weighted by atomic mass is 19.4. The maximum Gasteiger partial charge on any atom is 0.416 e. The summed E-state index contributed by atoms with van der Waals surface area (Å²) in [7, 11) is 0. The van der Waals surface area contributed by atoms with E-state index in [2.05, 4.69) is 17.2 Å². The lowest BCUT2D eigenvalue weighted by Crippen LogP contribution is -2.07. The molecule has 2 aromatic rings. The van der Waals surface area contributed by atoms with Crippen LogP contribution in [0.15, 0.2) is 24.3 Å². The molecular formula is C16H19F3N2. The minimum absolute atomic E-state index is 0.537. The van der Waals surface area contributed by atoms with Crippen LogP contribution in [0.4, 0.5) is 19.0 Å². The molecule has 0 aliphatic heterocycles. The van der Waals surface area contributed by atoms with Gasteiger partial charge in [-0.25, -0.2) is 4.98 Å². The van der Waals surface area contributed by atoms with Crippen molar-refractivity contribution < 1.29 is 13.2 Å². The van der Waals surface area contributed by atoms with Crippen molar-refractivity contribution in [3.63, 3.8) is 0 Å². The van der Waals surface area contributed by atoms with E-state index in [1.807, 2.05) is 13.0 Å². The molecule has 1 aromatic heterocycles. The summed E-state index contributed by atoms with van der Waals surface area (Å²) in [6.07, 6.45) is -1.63. The lowest BCUT2D eigenvalue weighted by molar-refractivity contribution is -0.137. The van der Waals surface area contributed by atoms with Gasteiger partial charge in [0.2, 0.25) is 0 Å². The number of pyridine rings is 1. The average Bonchev–Trinajstić information content (AvgIpc) is 2.43. The zero-order valence-corrected chi connectivity index (χ0v) is 12.2. The van der Waals surface area contributed by atoms with E-state index in [-0.39, 0.29) is 0 Å². The zero-order chi connectivity index (χ0) is 15.5. The van der Waals surface area contributed by atoms with Crippen molar-refractivity contribution in [1.29, 1.82) is 0 Å². The highest BCUT2D eigenvalue weighted by molar-refractivity contribution is 5.82. The van der Waals surface area contributed by atoms with Gasteiger partial charge in [-0.2, -0.15) is 13.2 Å². The van der Waals surface area contributed by atoms with Gasteiger partial charge in [0, 0.05) is 11.9 Å². The monoisotopic (exact) mass is 296 g/mol. The number of aryl methyl sites for hydroxylation is 1. The summed E-state index contributed by atoms with van der Waals surface area (Å²) in [5.74, 6) is 0.783. The first kappa shape index (κ1) is 15.6. The van der Waals surface area contributed by atoms with Gasteiger partial charge in [0.1, 0.15) is 5.82 Å². The van der Waals surface area contributed by atoms with Crippen LogP contribution in [0.5, 0.6) is 0 Å². The van der Waals surface area contributed by atoms with Crippen LogP contribution >= 0.6 is 0 Å². The van der Waals surface area contributed by atoms with E-state index in [1.54, 1.807) is 0 Å². The van der Waals surface area contributed by atoms with Crippen LogP contribution < -0.4 is 5.32 Å². The van der Waals surface area contributed by atoms with Crippen molar-refractivity contribution in [2.75, 3.05) is 11.9 Å². The molecule has 1 N–H and O–H groups in total. The Morgan fingerprint density at radius 2 is 1.86 bits per heavy atom. The number of alkyl halides is 3. The molecule has 0 radical (unpaired) electrons. The quantitative estimate of drug-likeness (QED) is 0.837. The predicted molar refractivity (Wildman–Crippen MR) is 79.5 cm³/mol. The van der Waals surface area contributed by atoms with Gasteiger partial charge in [0.15, 0.2) is 0 Å². The van der Waals surface area contributed by atoms with Gasteiger partial charge in [-0.05, 0) is 42.7 Å². The number of nitrogens with one attached hydrogen (secondary N) is 1. The van der Waals surface area contributed by atoms with Crippen LogP contribution in [0, 0.1) is 0 Å². The van der Waals surface area contributed by atoms with E-state index < -0.39 is 11.7 Å². The molecule has 0 spiro atoms. The second-order valence-corrected chi connectivity index (χ2v) is 5.08. The van der Waals surface area contributed by atoms with E-state index in [9.17, 15) is 13.2 Å². The third-order valence-electron chi connectivity index (χ3n) is 3.28. The summed E-state index contributed by atoms with van der Waals surface area (Å²) in [4.78, 5) is 4.48. The normalized spacial score (nSPS) is 11.9. The van der Waals surface area contributed by atoms with Crippen molar-refractivity contribution in [3.8, 4) is 0 Å². The lowest BCUT2D eigenvalue weighted by atomic mass is 10.1. The molecular weight excluding hydrogens is 277 g/mol. The molecule has 2 rings (SSSR count). The second-order valence-electron chi connectivity index (χ2n) is 5.08. The van der Waals surface area contributed by atoms with E-state index >= 15 is 0 Å². The number of nitrogens with zero attached hydrogens (tertiary/aromatic N) is 1. The van der Waals surface area contributed by atoms with Crippen molar-refractivity contribution in [1.82, 2.24) is 4.98 Å². The van der Waals surface area contributed by atoms with Gasteiger partial charge >= 0.3 is 6.18 Å². The smallest absolute Gasteiger partial charge is 0.370 e. The van der Waals surface area contributed by atoms with Crippen LogP contribution in [0.1, 0.15) is 37.8 Å². The Morgan fingerprint density at radius 1 is 1.10 bits per heavy atom. The standard InChI is InChI=1S/C16H19F3N2/c1-3-5-11-9-12-10-13(16(17,18)19)6-7-14(12)21-15(11)20-8-4-2/h6-7,9-10H,3-5,8H2,1-2H3,(H,20,21). The molecule has 0 saturated carbocycles. The first-order chi connectivity index (χ1) is 9.95. The Balaban J connectivity index is 2.49. The number of aromatic nitrogens is 1. The maximum absolute atomic E-state index is 12.8. The van der Waals surface area contributed by atoms with Crippen LogP contribution in [0.2, 0.25) is 0 Å². The summed E-state index contributed by atoms with van der Waals surface area (Å²) in [5, 5.41) is 3.79. The molecule has 0 fully saturated rings. The Hall–Kier alpha value is -1.78. The molecule has 0 amide bonds. The van der Waals surface area contributed by atoms with E-state index in [0.717, 1.165) is 43.3 Å². The molecule has 0 unspecified atom stereocenters. The Labute approximate surface area is 122 Å². The Morgan fingerprint density at radius 3 is 2.48 bits per heavy atom. The third kappa shape index (κ3) is 3.65. The topological polar surface area (TPSA) is 24.9 Å². The number of halogens is 3. The van der Waals surface area contributed by atoms with Crippen molar-refractivity contribution in [3.05, 3.63) is 35.4 Å². The molecule has 114 valence electrons. The first-order valence-electron chi connectivity index (χ1n) is 7.20. The largest absolute Gasteiger partial charge is 0.416 e. The van der Waals surface area contributed by atoms with Crippen LogP contribution in [0.25, 0.3) is 10.9 Å². The minimum Gasteiger partial charge on any atom is -0.370 e. The number of fused-ring (bicyclic) bond motifs is 1. The molecule has 2 nitrogen and oxygen atoms in total. The third-order valence-corrected chi connectivity index (χ3v) is 3.28. The minimum atomic E-state index is -4.32. The van der Waals surface area contributed by atoms with Gasteiger partial charge in [-0.3, -0.25) is 0 Å². The fourth-order valence-electron chi connectivity index (χ4n) is 2.25. The van der Waals surface area contributed by atoms with E-state index in [4.69, 9.17) is 0 Å². The predicted octanol–water partition coefficient (Wildman–Crippen LogP) is 5.03. The fraction of sp³-hybridized carbons (Fsp3) is 0.438. The molecule has 0 saturated heterocycles. The Kier molecular flexibility index (Phi) is 4.70. The number of hydrogen-bond acceptors (Lipinski definition) is 2. The summed E-state index contributed by atoms with van der Waals surface area (Å²) in [5.41, 5.74) is 0.924. The molecule has 0 aliphatic rings. The molecule has 0 bridgehead atoms. The average molecular weight is 296 g/mol. The fourth-order valence-corrected chi connectivity index (χ4v) is 2.25. The van der Waals surface area contributed by atoms with Gasteiger partial charge in [-0.1, -0.05) is 20.3 Å². The summed E-state index contributed by atoms with van der Waals surface area (Å²) < 4.78 is 38.3. The molecule has 0 aliphatic carbocycles. The van der Waals surface area contributed by atoms with Crippen LogP contribution in [-0.2, 0) is 12.6 Å². The van der Waals surface area contributed by atoms with Crippen molar-refractivity contribution in [2.24, 2.45) is 0 Å². The van der Waals surface area contributed by atoms with E-state index in [0.29, 0.717) is 10.9 Å². The molecule has 5 heteroatoms. The van der Waals surface area contributed by atoms with Gasteiger partial charge in [-0.15, -0.1) is 0 Å². The molecule has 1 aromatic carbocycles. The second kappa shape index (κ2) is 6.33.